The van der Waals surface area contributed by atoms with Gasteiger partial charge in [0.25, 0.3) is 5.91 Å². The van der Waals surface area contributed by atoms with Crippen LogP contribution in [-0.4, -0.2) is 22.6 Å². The van der Waals surface area contributed by atoms with Crippen molar-refractivity contribution >= 4 is 50.8 Å². The van der Waals surface area contributed by atoms with Gasteiger partial charge in [-0.1, -0.05) is 12.1 Å². The molecule has 0 bridgehead atoms. The molecule has 0 fully saturated rings. The van der Waals surface area contributed by atoms with Gasteiger partial charge in [-0.05, 0) is 78.9 Å². The fraction of sp³-hybridized carbons (Fsp3) is 0.160. The molecule has 8 heteroatoms. The first-order valence-corrected chi connectivity index (χ1v) is 11.4. The van der Waals surface area contributed by atoms with Crippen LogP contribution in [0.25, 0.3) is 11.0 Å². The molecule has 2 aromatic carbocycles. The molecular formula is C25H22IN3O4. The standard InChI is InChI=1S/C25H22IN3O4/c1-3-32-22-7-5-4-6-21(22)29-24(31)20-12-19-16(14-30)13-27-15(2)23(19)33-25(20)28-18-10-8-17(26)9-11-18/h4-13,30H,3,14H2,1-2H3,(H,29,31). The lowest BCUT2D eigenvalue weighted by Gasteiger charge is -2.12. The maximum Gasteiger partial charge on any atom is 0.261 e. The molecule has 0 saturated heterocycles. The van der Waals surface area contributed by atoms with Crippen molar-refractivity contribution in [2.24, 2.45) is 4.99 Å². The number of hydrogen-bond acceptors (Lipinski definition) is 6. The molecule has 4 rings (SSSR count). The fourth-order valence-electron chi connectivity index (χ4n) is 3.33. The van der Waals surface area contributed by atoms with Crippen LogP contribution in [0.3, 0.4) is 0 Å². The van der Waals surface area contributed by atoms with Crippen LogP contribution in [0, 0.1) is 10.5 Å². The number of pyridine rings is 1. The van der Waals surface area contributed by atoms with Crippen molar-refractivity contribution in [1.29, 1.82) is 0 Å². The summed E-state index contributed by atoms with van der Waals surface area (Å²) < 4.78 is 12.8. The number of ether oxygens (including phenoxy) is 1. The molecule has 0 aliphatic rings. The van der Waals surface area contributed by atoms with Crippen LogP contribution in [0.2, 0.25) is 0 Å². The van der Waals surface area contributed by atoms with Gasteiger partial charge < -0.3 is 19.6 Å². The lowest BCUT2D eigenvalue weighted by Crippen LogP contribution is -2.22. The molecule has 0 unspecified atom stereocenters. The first kappa shape index (κ1) is 22.9. The minimum Gasteiger partial charge on any atom is -0.492 e. The zero-order chi connectivity index (χ0) is 23.4. The van der Waals surface area contributed by atoms with Crippen LogP contribution in [0.1, 0.15) is 28.5 Å². The highest BCUT2D eigenvalue weighted by Crippen LogP contribution is 2.26. The van der Waals surface area contributed by atoms with Crippen molar-refractivity contribution in [3.63, 3.8) is 0 Å². The quantitative estimate of drug-likeness (QED) is 0.322. The number of aliphatic hydroxyl groups excluding tert-OH is 1. The van der Waals surface area contributed by atoms with E-state index in [1.54, 1.807) is 31.3 Å². The van der Waals surface area contributed by atoms with Crippen LogP contribution < -0.4 is 15.6 Å². The molecule has 2 N–H and O–H groups in total. The van der Waals surface area contributed by atoms with Crippen LogP contribution in [-0.2, 0) is 6.61 Å². The average molecular weight is 555 g/mol. The Morgan fingerprint density at radius 3 is 2.70 bits per heavy atom. The SMILES string of the molecule is CCOc1ccccc1NC(=O)c1cc2c(CO)cnc(C)c2oc1=Nc1ccc(I)cc1. The normalized spacial score (nSPS) is 11.6. The van der Waals surface area contributed by atoms with Gasteiger partial charge in [-0.2, -0.15) is 0 Å². The summed E-state index contributed by atoms with van der Waals surface area (Å²) in [6.07, 6.45) is 1.58. The zero-order valence-electron chi connectivity index (χ0n) is 18.1. The first-order valence-electron chi connectivity index (χ1n) is 10.4. The summed E-state index contributed by atoms with van der Waals surface area (Å²) in [6.45, 7) is 3.92. The Morgan fingerprint density at radius 2 is 1.97 bits per heavy atom. The number of hydrogen-bond donors (Lipinski definition) is 2. The molecule has 2 heterocycles. The van der Waals surface area contributed by atoms with E-state index in [1.807, 2.05) is 43.3 Å². The minimum absolute atomic E-state index is 0.148. The summed E-state index contributed by atoms with van der Waals surface area (Å²) in [5, 5.41) is 13.3. The van der Waals surface area contributed by atoms with Crippen molar-refractivity contribution < 1.29 is 19.1 Å². The van der Waals surface area contributed by atoms with E-state index in [0.717, 1.165) is 3.57 Å². The number of aliphatic hydroxyl groups is 1. The molecular weight excluding hydrogens is 533 g/mol. The molecule has 0 saturated carbocycles. The molecule has 0 aliphatic carbocycles. The van der Waals surface area contributed by atoms with Crippen molar-refractivity contribution in [3.05, 3.63) is 86.7 Å². The largest absolute Gasteiger partial charge is 0.492 e. The Balaban J connectivity index is 1.89. The molecule has 168 valence electrons. The number of rotatable bonds is 6. The summed E-state index contributed by atoms with van der Waals surface area (Å²) in [7, 11) is 0. The minimum atomic E-state index is -0.407. The number of benzene rings is 2. The van der Waals surface area contributed by atoms with Crippen LogP contribution in [0.4, 0.5) is 11.4 Å². The lowest BCUT2D eigenvalue weighted by molar-refractivity contribution is 0.102. The maximum absolute atomic E-state index is 13.4. The summed E-state index contributed by atoms with van der Waals surface area (Å²) in [6, 6.07) is 16.5. The van der Waals surface area contributed by atoms with E-state index in [-0.39, 0.29) is 17.7 Å². The van der Waals surface area contributed by atoms with E-state index in [9.17, 15) is 9.90 Å². The van der Waals surface area contributed by atoms with Crippen LogP contribution in [0.5, 0.6) is 5.75 Å². The fourth-order valence-corrected chi connectivity index (χ4v) is 3.69. The molecule has 0 spiro atoms. The highest BCUT2D eigenvalue weighted by atomic mass is 127. The molecule has 0 aliphatic heterocycles. The Morgan fingerprint density at radius 1 is 1.21 bits per heavy atom. The topological polar surface area (TPSA) is 97.0 Å². The maximum atomic E-state index is 13.4. The third-order valence-electron chi connectivity index (χ3n) is 4.96. The Hall–Kier alpha value is -3.24. The van der Waals surface area contributed by atoms with Gasteiger partial charge in [0, 0.05) is 20.7 Å². The molecule has 0 atom stereocenters. The smallest absolute Gasteiger partial charge is 0.261 e. The second-order valence-electron chi connectivity index (χ2n) is 7.21. The summed E-state index contributed by atoms with van der Waals surface area (Å²) >= 11 is 2.22. The van der Waals surface area contributed by atoms with Gasteiger partial charge in [0.1, 0.15) is 11.3 Å². The summed E-state index contributed by atoms with van der Waals surface area (Å²) in [4.78, 5) is 22.3. The van der Waals surface area contributed by atoms with Gasteiger partial charge in [0.15, 0.2) is 5.58 Å². The number of halogens is 1. The third kappa shape index (κ3) is 5.07. The Bertz CT molecular complexity index is 1380. The van der Waals surface area contributed by atoms with Crippen molar-refractivity contribution in [2.45, 2.75) is 20.5 Å². The monoisotopic (exact) mass is 555 g/mol. The van der Waals surface area contributed by atoms with E-state index in [0.29, 0.717) is 46.0 Å². The Labute approximate surface area is 204 Å². The van der Waals surface area contributed by atoms with E-state index < -0.39 is 5.91 Å². The number of aromatic nitrogens is 1. The van der Waals surface area contributed by atoms with Crippen LogP contribution in [0.15, 0.2) is 70.2 Å². The van der Waals surface area contributed by atoms with Gasteiger partial charge in [-0.25, -0.2) is 4.99 Å². The molecule has 2 aromatic heterocycles. The number of anilines is 1. The molecule has 4 aromatic rings. The summed E-state index contributed by atoms with van der Waals surface area (Å²) in [5.74, 6) is 0.161. The zero-order valence-corrected chi connectivity index (χ0v) is 20.3. The molecule has 7 nitrogen and oxygen atoms in total. The van der Waals surface area contributed by atoms with E-state index >= 15 is 0 Å². The van der Waals surface area contributed by atoms with Gasteiger partial charge >= 0.3 is 0 Å². The predicted molar refractivity (Wildman–Crippen MR) is 135 cm³/mol. The highest BCUT2D eigenvalue weighted by molar-refractivity contribution is 14.1. The van der Waals surface area contributed by atoms with Gasteiger partial charge in [0.2, 0.25) is 5.55 Å². The second kappa shape index (κ2) is 10.1. The number of para-hydroxylation sites is 2. The number of nitrogens with one attached hydrogen (secondary N) is 1. The number of carbonyl (C=O) groups excluding carboxylic acids is 1. The van der Waals surface area contributed by atoms with Gasteiger partial charge in [0.05, 0.1) is 30.3 Å². The predicted octanol–water partition coefficient (Wildman–Crippen LogP) is 5.12. The van der Waals surface area contributed by atoms with Gasteiger partial charge in [-0.3, -0.25) is 9.78 Å². The number of aryl methyl sites for hydroxylation is 1. The number of carbonyl (C=O) groups is 1. The van der Waals surface area contributed by atoms with Crippen molar-refractivity contribution in [2.75, 3.05) is 11.9 Å². The Kier molecular flexibility index (Phi) is 7.05. The van der Waals surface area contributed by atoms with Crippen molar-refractivity contribution in [1.82, 2.24) is 4.98 Å². The van der Waals surface area contributed by atoms with E-state index in [4.69, 9.17) is 9.15 Å². The average Bonchev–Trinajstić information content (AvgIpc) is 2.82. The number of nitrogens with zero attached hydrogens (tertiary/aromatic N) is 2. The third-order valence-corrected chi connectivity index (χ3v) is 5.68. The van der Waals surface area contributed by atoms with Gasteiger partial charge in [-0.15, -0.1) is 0 Å². The van der Waals surface area contributed by atoms with E-state index in [2.05, 4.69) is 37.9 Å². The molecule has 0 radical (unpaired) electrons. The lowest BCUT2D eigenvalue weighted by atomic mass is 10.1. The summed E-state index contributed by atoms with van der Waals surface area (Å²) in [5.41, 5.74) is 3.22. The first-order chi connectivity index (χ1) is 16.0. The number of fused-ring (bicyclic) bond motifs is 1. The molecule has 33 heavy (non-hydrogen) atoms. The highest BCUT2D eigenvalue weighted by Gasteiger charge is 2.17. The number of amides is 1. The molecule has 1 amide bonds. The van der Waals surface area contributed by atoms with E-state index in [1.165, 1.54) is 0 Å². The van der Waals surface area contributed by atoms with Crippen molar-refractivity contribution in [3.8, 4) is 5.75 Å². The second-order valence-corrected chi connectivity index (χ2v) is 8.45. The van der Waals surface area contributed by atoms with Crippen LogP contribution >= 0.6 is 22.6 Å².